The Morgan fingerprint density at radius 3 is 1.44 bits per heavy atom. The fourth-order valence-corrected chi connectivity index (χ4v) is 4.02. The maximum Gasteiger partial charge on any atom is 0.233 e. The summed E-state index contributed by atoms with van der Waals surface area (Å²) in [6.07, 6.45) is 1.35. The molecule has 10 nitrogen and oxygen atoms in total. The summed E-state index contributed by atoms with van der Waals surface area (Å²) < 4.78 is 0. The summed E-state index contributed by atoms with van der Waals surface area (Å²) in [4.78, 5) is 32.5. The molecule has 0 aliphatic carbocycles. The van der Waals surface area contributed by atoms with Crippen molar-refractivity contribution in [2.45, 2.75) is 12.8 Å². The van der Waals surface area contributed by atoms with Crippen LogP contribution in [0, 0.1) is 0 Å². The molecule has 0 fully saturated rings. The number of carbonyl (C=O) groups is 2. The first-order chi connectivity index (χ1) is 14.6. The number of halogens is 4. The van der Waals surface area contributed by atoms with Crippen molar-refractivity contribution in [3.05, 3.63) is 20.8 Å². The molecule has 0 aliphatic rings. The summed E-state index contributed by atoms with van der Waals surface area (Å²) in [7, 11) is 0. The Labute approximate surface area is 232 Å². The van der Waals surface area contributed by atoms with Gasteiger partial charge in [-0.05, 0) is 0 Å². The van der Waals surface area contributed by atoms with Crippen LogP contribution in [0.5, 0.6) is 0 Å². The third-order valence-electron chi connectivity index (χ3n) is 3.90. The summed E-state index contributed by atoms with van der Waals surface area (Å²) in [5.41, 5.74) is 12.4. The molecule has 0 spiro atoms. The standard InChI is InChI=1S/C18H30N8O2S2.4ClH/c19-3-7-21-9-15(27)23-5-1-17-25-13(11-29-17)14-12-30-18(26-14)2-6-24-16(28)10-22-8-4-20;;;;/h11-12,21-22H,1-10,19-20H2,(H,23,27)(H,24,28);4*1H. The highest BCUT2D eigenvalue weighted by molar-refractivity contribution is 7.10. The van der Waals surface area contributed by atoms with Gasteiger partial charge >= 0.3 is 0 Å². The topological polar surface area (TPSA) is 160 Å². The lowest BCUT2D eigenvalue weighted by Crippen LogP contribution is -2.36. The van der Waals surface area contributed by atoms with E-state index in [1.807, 2.05) is 10.8 Å². The summed E-state index contributed by atoms with van der Waals surface area (Å²) in [5, 5.41) is 17.5. The van der Waals surface area contributed by atoms with E-state index in [9.17, 15) is 9.59 Å². The van der Waals surface area contributed by atoms with Gasteiger partial charge in [0, 0.05) is 62.9 Å². The molecule has 2 amide bonds. The number of thiazole rings is 2. The van der Waals surface area contributed by atoms with Crippen molar-refractivity contribution < 1.29 is 9.59 Å². The first-order valence-electron chi connectivity index (χ1n) is 9.86. The van der Waals surface area contributed by atoms with Gasteiger partial charge < -0.3 is 32.7 Å². The first kappa shape index (κ1) is 37.7. The maximum absolute atomic E-state index is 11.7. The highest BCUT2D eigenvalue weighted by atomic mass is 35.5. The molecule has 8 N–H and O–H groups in total. The predicted molar refractivity (Wildman–Crippen MR) is 149 cm³/mol. The van der Waals surface area contributed by atoms with Gasteiger partial charge in [0.25, 0.3) is 0 Å². The van der Waals surface area contributed by atoms with Gasteiger partial charge in [-0.25, -0.2) is 9.97 Å². The van der Waals surface area contributed by atoms with Crippen molar-refractivity contribution in [2.75, 3.05) is 52.4 Å². The van der Waals surface area contributed by atoms with Crippen LogP contribution in [-0.4, -0.2) is 74.1 Å². The summed E-state index contributed by atoms with van der Waals surface area (Å²) in [6.45, 7) is 3.88. The lowest BCUT2D eigenvalue weighted by Gasteiger charge is -2.04. The van der Waals surface area contributed by atoms with Crippen LogP contribution in [0.25, 0.3) is 11.4 Å². The Hall–Kier alpha value is -0.800. The second-order valence-electron chi connectivity index (χ2n) is 6.38. The molecule has 2 rings (SSSR count). The van der Waals surface area contributed by atoms with Gasteiger partial charge in [-0.3, -0.25) is 9.59 Å². The van der Waals surface area contributed by atoms with E-state index in [4.69, 9.17) is 11.5 Å². The summed E-state index contributed by atoms with van der Waals surface area (Å²) in [6, 6.07) is 0. The average molecular weight is 600 g/mol. The first-order valence-corrected chi connectivity index (χ1v) is 11.6. The van der Waals surface area contributed by atoms with E-state index in [1.54, 1.807) is 22.7 Å². The molecule has 0 bridgehead atoms. The van der Waals surface area contributed by atoms with Crippen LogP contribution in [0.15, 0.2) is 10.8 Å². The zero-order valence-corrected chi connectivity index (χ0v) is 23.4. The molecule has 0 unspecified atom stereocenters. The van der Waals surface area contributed by atoms with Gasteiger partial charge in [0.2, 0.25) is 11.8 Å². The molecule has 0 aliphatic heterocycles. The SMILES string of the molecule is Cl.Cl.Cl.Cl.NCCNCC(=O)NCCc1nc(-c2csc(CCNC(=O)CNCCN)n2)cs1. The van der Waals surface area contributed by atoms with Crippen LogP contribution in [0.1, 0.15) is 10.0 Å². The van der Waals surface area contributed by atoms with E-state index < -0.39 is 0 Å². The number of amides is 2. The number of rotatable bonds is 15. The van der Waals surface area contributed by atoms with Crippen molar-refractivity contribution in [1.29, 1.82) is 0 Å². The monoisotopic (exact) mass is 598 g/mol. The molecule has 0 atom stereocenters. The molecular weight excluding hydrogens is 566 g/mol. The van der Waals surface area contributed by atoms with Gasteiger partial charge in [0.1, 0.15) is 11.4 Å². The quantitative estimate of drug-likeness (QED) is 0.160. The smallest absolute Gasteiger partial charge is 0.233 e. The highest BCUT2D eigenvalue weighted by Crippen LogP contribution is 2.24. The van der Waals surface area contributed by atoms with Gasteiger partial charge in [-0.2, -0.15) is 0 Å². The van der Waals surface area contributed by atoms with E-state index in [0.29, 0.717) is 52.1 Å². The van der Waals surface area contributed by atoms with Crippen molar-refractivity contribution >= 4 is 84.1 Å². The predicted octanol–water partition coefficient (Wildman–Crippen LogP) is 0.368. The van der Waals surface area contributed by atoms with E-state index in [1.165, 1.54) is 0 Å². The molecule has 16 heteroatoms. The third kappa shape index (κ3) is 15.2. The number of aromatic nitrogens is 2. The Morgan fingerprint density at radius 2 is 1.09 bits per heavy atom. The number of nitrogens with two attached hydrogens (primary N) is 2. The fourth-order valence-electron chi connectivity index (χ4n) is 2.44. The largest absolute Gasteiger partial charge is 0.355 e. The van der Waals surface area contributed by atoms with Crippen molar-refractivity contribution in [3.8, 4) is 11.4 Å². The molecule has 198 valence electrons. The minimum Gasteiger partial charge on any atom is -0.355 e. The average Bonchev–Trinajstić information content (AvgIpc) is 3.38. The number of nitrogens with one attached hydrogen (secondary N) is 4. The Kier molecular flexibility index (Phi) is 25.1. The number of carbonyl (C=O) groups excluding carboxylic acids is 2. The molecule has 0 saturated heterocycles. The lowest BCUT2D eigenvalue weighted by molar-refractivity contribution is -0.121. The minimum atomic E-state index is -0.0494. The molecule has 2 aromatic heterocycles. The molecule has 0 aromatic carbocycles. The molecular formula is C18H34Cl4N8O2S2. The van der Waals surface area contributed by atoms with E-state index in [2.05, 4.69) is 31.2 Å². The second-order valence-corrected chi connectivity index (χ2v) is 8.27. The van der Waals surface area contributed by atoms with Crippen LogP contribution in [0.4, 0.5) is 0 Å². The van der Waals surface area contributed by atoms with Gasteiger partial charge in [0.05, 0.1) is 23.1 Å². The fraction of sp³-hybridized carbons (Fsp3) is 0.556. The van der Waals surface area contributed by atoms with Crippen LogP contribution >= 0.6 is 72.3 Å². The zero-order chi connectivity index (χ0) is 21.6. The molecule has 34 heavy (non-hydrogen) atoms. The molecule has 0 saturated carbocycles. The van der Waals surface area contributed by atoms with E-state index in [0.717, 1.165) is 21.4 Å². The lowest BCUT2D eigenvalue weighted by atomic mass is 10.3. The maximum atomic E-state index is 11.7. The van der Waals surface area contributed by atoms with Gasteiger partial charge in [0.15, 0.2) is 0 Å². The molecule has 0 radical (unpaired) electrons. The summed E-state index contributed by atoms with van der Waals surface area (Å²) in [5.74, 6) is -0.0988. The highest BCUT2D eigenvalue weighted by Gasteiger charge is 2.10. The van der Waals surface area contributed by atoms with Crippen LogP contribution in [0.2, 0.25) is 0 Å². The van der Waals surface area contributed by atoms with Crippen molar-refractivity contribution in [3.63, 3.8) is 0 Å². The van der Waals surface area contributed by atoms with Gasteiger partial charge in [-0.15, -0.1) is 72.3 Å². The Bertz CT molecular complexity index is 733. The van der Waals surface area contributed by atoms with Crippen LogP contribution in [0.3, 0.4) is 0 Å². The van der Waals surface area contributed by atoms with E-state index in [-0.39, 0.29) is 74.5 Å². The van der Waals surface area contributed by atoms with E-state index >= 15 is 0 Å². The summed E-state index contributed by atoms with van der Waals surface area (Å²) >= 11 is 3.11. The molecule has 2 heterocycles. The molecule has 2 aromatic rings. The number of hydrogen-bond donors (Lipinski definition) is 6. The zero-order valence-electron chi connectivity index (χ0n) is 18.5. The number of hydrogen-bond acceptors (Lipinski definition) is 10. The van der Waals surface area contributed by atoms with Crippen molar-refractivity contribution in [2.24, 2.45) is 11.5 Å². The number of nitrogens with zero attached hydrogens (tertiary/aromatic N) is 2. The third-order valence-corrected chi connectivity index (χ3v) is 5.72. The minimum absolute atomic E-state index is 0. The van der Waals surface area contributed by atoms with Crippen LogP contribution < -0.4 is 32.7 Å². The normalized spacial score (nSPS) is 9.59. The van der Waals surface area contributed by atoms with Crippen molar-refractivity contribution in [1.82, 2.24) is 31.2 Å². The Morgan fingerprint density at radius 1 is 0.706 bits per heavy atom. The second kappa shape index (κ2) is 22.7. The van der Waals surface area contributed by atoms with Crippen LogP contribution in [-0.2, 0) is 22.4 Å². The van der Waals surface area contributed by atoms with Gasteiger partial charge in [-0.1, -0.05) is 0 Å². The Balaban J connectivity index is -0.00000240.